The first kappa shape index (κ1) is 36.9. The number of methoxy groups -OCH3 is 2. The Bertz CT molecular complexity index is 2090. The van der Waals surface area contributed by atoms with Crippen molar-refractivity contribution in [3.63, 3.8) is 0 Å². The number of unbranched alkanes of at least 4 members (excludes halogenated alkanes) is 2. The quantitative estimate of drug-likeness (QED) is 0.0920. The number of benzene rings is 4. The highest BCUT2D eigenvalue weighted by Gasteiger charge is 2.18. The van der Waals surface area contributed by atoms with E-state index in [-0.39, 0.29) is 24.7 Å². The summed E-state index contributed by atoms with van der Waals surface area (Å²) < 4.78 is 27.6. The number of rotatable bonds is 18. The van der Waals surface area contributed by atoms with Gasteiger partial charge in [-0.15, -0.1) is 0 Å². The van der Waals surface area contributed by atoms with Crippen molar-refractivity contribution in [2.75, 3.05) is 27.4 Å². The van der Waals surface area contributed by atoms with Crippen LogP contribution in [0, 0.1) is 13.8 Å². The van der Waals surface area contributed by atoms with Gasteiger partial charge < -0.3 is 39.5 Å². The van der Waals surface area contributed by atoms with E-state index < -0.39 is 0 Å². The summed E-state index contributed by atoms with van der Waals surface area (Å²) in [5.41, 5.74) is 19.3. The summed E-state index contributed by atoms with van der Waals surface area (Å²) in [7, 11) is 3.27. The second-order valence-electron chi connectivity index (χ2n) is 13.4. The van der Waals surface area contributed by atoms with Crippen molar-refractivity contribution in [3.8, 4) is 23.0 Å². The van der Waals surface area contributed by atoms with Crippen LogP contribution in [0.25, 0.3) is 21.8 Å². The molecule has 0 radical (unpaired) electrons. The van der Waals surface area contributed by atoms with E-state index >= 15 is 0 Å². The second-order valence-corrected chi connectivity index (χ2v) is 13.4. The number of carbonyl (C=O) groups excluding carboxylic acids is 2. The molecule has 6 rings (SSSR count). The van der Waals surface area contributed by atoms with Crippen molar-refractivity contribution in [1.82, 2.24) is 9.13 Å². The van der Waals surface area contributed by atoms with E-state index in [1.165, 1.54) is 0 Å². The molecule has 0 unspecified atom stereocenters. The molecule has 6 aromatic rings. The SMILES string of the molecule is COc1ccc2c(c1)c(CC(N)=O)c(C)n2Cc1cccc(OCCCCCOc2cccc(Cn3c(C)c(CC(N)=O)c4cc(OC)ccc43)c2)c1. The van der Waals surface area contributed by atoms with Crippen LogP contribution in [-0.2, 0) is 35.5 Å². The van der Waals surface area contributed by atoms with Crippen molar-refractivity contribution >= 4 is 33.6 Å². The average Bonchev–Trinajstić information content (AvgIpc) is 3.54. The Morgan fingerprint density at radius 3 is 1.40 bits per heavy atom. The van der Waals surface area contributed by atoms with Crippen molar-refractivity contribution < 1.29 is 28.5 Å². The number of primary amides is 2. The van der Waals surface area contributed by atoms with Crippen molar-refractivity contribution in [1.29, 1.82) is 0 Å². The molecule has 2 aromatic heterocycles. The van der Waals surface area contributed by atoms with Crippen molar-refractivity contribution in [2.24, 2.45) is 11.5 Å². The first-order chi connectivity index (χ1) is 25.6. The number of hydrogen-bond acceptors (Lipinski definition) is 6. The van der Waals surface area contributed by atoms with Gasteiger partial charge in [0, 0.05) is 46.3 Å². The molecule has 276 valence electrons. The molecule has 0 atom stereocenters. The summed E-state index contributed by atoms with van der Waals surface area (Å²) in [5, 5.41) is 1.95. The number of nitrogens with two attached hydrogens (primary N) is 2. The van der Waals surface area contributed by atoms with Crippen LogP contribution in [-0.4, -0.2) is 48.4 Å². The van der Waals surface area contributed by atoms with Crippen LogP contribution in [0.5, 0.6) is 23.0 Å². The lowest BCUT2D eigenvalue weighted by molar-refractivity contribution is -0.118. The molecule has 0 saturated heterocycles. The molecule has 0 aliphatic carbocycles. The van der Waals surface area contributed by atoms with Gasteiger partial charge in [-0.1, -0.05) is 24.3 Å². The van der Waals surface area contributed by atoms with Gasteiger partial charge in [0.2, 0.25) is 11.8 Å². The van der Waals surface area contributed by atoms with E-state index in [1.807, 2.05) is 74.5 Å². The number of nitrogens with zero attached hydrogens (tertiary/aromatic N) is 2. The molecule has 4 aromatic carbocycles. The summed E-state index contributed by atoms with van der Waals surface area (Å²) in [6.45, 7) is 6.55. The lowest BCUT2D eigenvalue weighted by Crippen LogP contribution is -2.14. The molecule has 0 spiro atoms. The topological polar surface area (TPSA) is 133 Å². The van der Waals surface area contributed by atoms with Crippen molar-refractivity contribution in [2.45, 2.75) is 59.0 Å². The lowest BCUT2D eigenvalue weighted by Gasteiger charge is -2.12. The number of aromatic nitrogens is 2. The van der Waals surface area contributed by atoms with Gasteiger partial charge in [-0.25, -0.2) is 0 Å². The third-order valence-corrected chi connectivity index (χ3v) is 9.83. The zero-order chi connectivity index (χ0) is 37.5. The zero-order valence-corrected chi connectivity index (χ0v) is 30.9. The molecule has 0 saturated carbocycles. The Balaban J connectivity index is 0.999. The van der Waals surface area contributed by atoms with Crippen LogP contribution in [0.3, 0.4) is 0 Å². The van der Waals surface area contributed by atoms with Crippen LogP contribution in [0.4, 0.5) is 0 Å². The number of hydrogen-bond donors (Lipinski definition) is 2. The summed E-state index contributed by atoms with van der Waals surface area (Å²) in [4.78, 5) is 23.7. The van der Waals surface area contributed by atoms with Crippen LogP contribution >= 0.6 is 0 Å². The predicted molar refractivity (Wildman–Crippen MR) is 208 cm³/mol. The van der Waals surface area contributed by atoms with Crippen LogP contribution in [0.15, 0.2) is 84.9 Å². The molecular weight excluding hydrogens is 668 g/mol. The van der Waals surface area contributed by atoms with E-state index in [2.05, 4.69) is 33.4 Å². The van der Waals surface area contributed by atoms with E-state index in [0.717, 1.165) is 97.7 Å². The maximum Gasteiger partial charge on any atom is 0.221 e. The first-order valence-electron chi connectivity index (χ1n) is 18.0. The minimum atomic E-state index is -0.361. The fraction of sp³-hybridized carbons (Fsp3) is 0.302. The summed E-state index contributed by atoms with van der Waals surface area (Å²) in [6, 6.07) is 28.2. The van der Waals surface area contributed by atoms with Gasteiger partial charge in [0.1, 0.15) is 23.0 Å². The van der Waals surface area contributed by atoms with Crippen molar-refractivity contribution in [3.05, 3.63) is 119 Å². The minimum absolute atomic E-state index is 0.174. The third-order valence-electron chi connectivity index (χ3n) is 9.83. The lowest BCUT2D eigenvalue weighted by atomic mass is 10.1. The Hall–Kier alpha value is -5.90. The molecule has 0 fully saturated rings. The molecule has 0 aliphatic rings. The Morgan fingerprint density at radius 2 is 1.00 bits per heavy atom. The molecule has 2 amide bonds. The van der Waals surface area contributed by atoms with E-state index in [4.69, 9.17) is 30.4 Å². The predicted octanol–water partition coefficient (Wildman–Crippen LogP) is 7.01. The maximum atomic E-state index is 11.9. The summed E-state index contributed by atoms with van der Waals surface area (Å²) in [6.07, 6.45) is 3.14. The standard InChI is InChI=1S/C43H48N4O6/c1-28-36(24-42(44)48)38-22-32(50-3)14-16-40(38)46(28)26-30-10-8-12-34(20-30)52-18-6-5-7-19-53-35-13-9-11-31(21-35)27-47-29(2)37(25-43(45)49)39-23-33(51-4)15-17-41(39)47/h8-17,20-23H,5-7,18-19,24-27H2,1-4H3,(H2,44,48)(H2,45,49). The van der Waals surface area contributed by atoms with Gasteiger partial charge in [-0.05, 0) is 116 Å². The monoisotopic (exact) mass is 716 g/mol. The van der Waals surface area contributed by atoms with Crippen LogP contribution in [0.1, 0.15) is 52.9 Å². The van der Waals surface area contributed by atoms with Gasteiger partial charge in [-0.2, -0.15) is 0 Å². The highest BCUT2D eigenvalue weighted by atomic mass is 16.5. The fourth-order valence-electron chi connectivity index (χ4n) is 7.11. The number of ether oxygens (including phenoxy) is 4. The summed E-state index contributed by atoms with van der Waals surface area (Å²) in [5.74, 6) is 2.42. The molecule has 0 aliphatic heterocycles. The van der Waals surface area contributed by atoms with Gasteiger partial charge in [0.15, 0.2) is 0 Å². The van der Waals surface area contributed by atoms with Gasteiger partial charge in [0.05, 0.1) is 40.3 Å². The van der Waals surface area contributed by atoms with Crippen LogP contribution in [0.2, 0.25) is 0 Å². The smallest absolute Gasteiger partial charge is 0.221 e. The molecule has 2 heterocycles. The Labute approximate surface area is 310 Å². The molecular formula is C43H48N4O6. The highest BCUT2D eigenvalue weighted by molar-refractivity contribution is 5.92. The third kappa shape index (κ3) is 8.60. The van der Waals surface area contributed by atoms with Crippen LogP contribution < -0.4 is 30.4 Å². The van der Waals surface area contributed by atoms with E-state index in [9.17, 15) is 9.59 Å². The van der Waals surface area contributed by atoms with Gasteiger partial charge >= 0.3 is 0 Å². The second kappa shape index (κ2) is 16.6. The molecule has 53 heavy (non-hydrogen) atoms. The zero-order valence-electron chi connectivity index (χ0n) is 30.9. The molecule has 4 N–H and O–H groups in total. The summed E-state index contributed by atoms with van der Waals surface area (Å²) >= 11 is 0. The number of carbonyl (C=O) groups is 2. The van der Waals surface area contributed by atoms with Gasteiger partial charge in [-0.3, -0.25) is 9.59 Å². The van der Waals surface area contributed by atoms with Gasteiger partial charge in [0.25, 0.3) is 0 Å². The largest absolute Gasteiger partial charge is 0.497 e. The number of amides is 2. The van der Waals surface area contributed by atoms with E-state index in [1.54, 1.807) is 14.2 Å². The Kier molecular flexibility index (Phi) is 11.6. The average molecular weight is 717 g/mol. The normalized spacial score (nSPS) is 11.2. The molecule has 10 heteroatoms. The number of fused-ring (bicyclic) bond motifs is 2. The molecule has 10 nitrogen and oxygen atoms in total. The first-order valence-corrected chi connectivity index (χ1v) is 18.0. The maximum absolute atomic E-state index is 11.9. The molecule has 0 bridgehead atoms. The van der Waals surface area contributed by atoms with E-state index in [0.29, 0.717) is 26.3 Å². The minimum Gasteiger partial charge on any atom is -0.497 e. The fourth-order valence-corrected chi connectivity index (χ4v) is 7.11. The highest BCUT2D eigenvalue weighted by Crippen LogP contribution is 2.32. The Morgan fingerprint density at radius 1 is 0.566 bits per heavy atom.